The Hall–Kier alpha value is -4.31. The summed E-state index contributed by atoms with van der Waals surface area (Å²) < 4.78 is 21.2. The van der Waals surface area contributed by atoms with E-state index in [0.717, 1.165) is 29.1 Å². The number of benzene rings is 1. The second-order valence-corrected chi connectivity index (χ2v) is 10.1. The zero-order chi connectivity index (χ0) is 27.6. The second-order valence-electron chi connectivity index (χ2n) is 9.13. The average Bonchev–Trinajstić information content (AvgIpc) is 3.60. The van der Waals surface area contributed by atoms with Gasteiger partial charge in [0.1, 0.15) is 39.6 Å². The number of fused-ring (bicyclic) bond motifs is 1. The van der Waals surface area contributed by atoms with E-state index < -0.39 is 0 Å². The van der Waals surface area contributed by atoms with Crippen molar-refractivity contribution in [2.75, 3.05) is 31.1 Å². The van der Waals surface area contributed by atoms with Crippen LogP contribution in [0.25, 0.3) is 33.5 Å². The SMILES string of the molecule is CCN(c1nc(-c2ccc(F)cc2)c(C#N)s1)c1c2nc(-c3cnc(C4CNCCO4)nc3)ccc2nn1CC. The van der Waals surface area contributed by atoms with Crippen LogP contribution in [0.15, 0.2) is 48.8 Å². The topological polar surface area (TPSA) is 118 Å². The van der Waals surface area contributed by atoms with Crippen LogP contribution >= 0.6 is 11.3 Å². The molecule has 0 saturated carbocycles. The van der Waals surface area contributed by atoms with Gasteiger partial charge in [0.05, 0.1) is 12.3 Å². The molecule has 40 heavy (non-hydrogen) atoms. The number of pyridine rings is 1. The van der Waals surface area contributed by atoms with Crippen molar-refractivity contribution in [3.8, 4) is 28.6 Å². The maximum Gasteiger partial charge on any atom is 0.192 e. The van der Waals surface area contributed by atoms with Crippen molar-refractivity contribution in [3.05, 3.63) is 65.3 Å². The summed E-state index contributed by atoms with van der Waals surface area (Å²) >= 11 is 1.29. The van der Waals surface area contributed by atoms with E-state index in [1.807, 2.05) is 35.6 Å². The van der Waals surface area contributed by atoms with Gasteiger partial charge in [-0.2, -0.15) is 10.4 Å². The van der Waals surface area contributed by atoms with Gasteiger partial charge in [-0.3, -0.25) is 0 Å². The molecule has 6 rings (SSSR count). The van der Waals surface area contributed by atoms with E-state index in [2.05, 4.69) is 21.4 Å². The summed E-state index contributed by atoms with van der Waals surface area (Å²) in [5.74, 6) is 1.08. The first kappa shape index (κ1) is 25.9. The van der Waals surface area contributed by atoms with Gasteiger partial charge in [0.15, 0.2) is 16.8 Å². The number of aryl methyl sites for hydroxylation is 1. The molecule has 202 valence electrons. The van der Waals surface area contributed by atoms with Crippen LogP contribution in [0, 0.1) is 17.1 Å². The lowest BCUT2D eigenvalue weighted by Gasteiger charge is -2.22. The Labute approximate surface area is 234 Å². The van der Waals surface area contributed by atoms with Crippen molar-refractivity contribution in [2.45, 2.75) is 26.5 Å². The number of nitriles is 1. The van der Waals surface area contributed by atoms with Crippen molar-refractivity contribution in [1.29, 1.82) is 5.26 Å². The standard InChI is InChI=1S/C28H26FN9OS/c1-3-37(28-35-24(23(13-30)40-28)17-5-7-19(29)8-6-17)27-25-21(36-38(27)4-2)10-9-20(34-25)18-14-32-26(33-15-18)22-16-31-11-12-39-22/h5-10,14-15,22,31H,3-4,11-12,16H2,1-2H3. The molecule has 0 aliphatic carbocycles. The van der Waals surface area contributed by atoms with Gasteiger partial charge in [0.2, 0.25) is 0 Å². The molecule has 1 atom stereocenters. The number of hydrogen-bond acceptors (Lipinski definition) is 10. The third kappa shape index (κ3) is 4.79. The van der Waals surface area contributed by atoms with Crippen LogP contribution in [0.1, 0.15) is 30.7 Å². The molecule has 10 nitrogen and oxygen atoms in total. The molecule has 1 N–H and O–H groups in total. The van der Waals surface area contributed by atoms with E-state index in [4.69, 9.17) is 19.8 Å². The Balaban J connectivity index is 1.40. The fourth-order valence-electron chi connectivity index (χ4n) is 4.69. The molecule has 1 aliphatic heterocycles. The summed E-state index contributed by atoms with van der Waals surface area (Å²) in [5.41, 5.74) is 4.17. The fraction of sp³-hybridized carbons (Fsp3) is 0.286. The van der Waals surface area contributed by atoms with Gasteiger partial charge in [-0.05, 0) is 50.2 Å². The molecule has 1 fully saturated rings. The summed E-state index contributed by atoms with van der Waals surface area (Å²) in [5, 5.41) is 18.6. The number of ether oxygens (including phenoxy) is 1. The van der Waals surface area contributed by atoms with Crippen molar-refractivity contribution < 1.29 is 9.13 Å². The van der Waals surface area contributed by atoms with Crippen LogP contribution in [-0.4, -0.2) is 56.0 Å². The largest absolute Gasteiger partial charge is 0.368 e. The summed E-state index contributed by atoms with van der Waals surface area (Å²) in [7, 11) is 0. The summed E-state index contributed by atoms with van der Waals surface area (Å²) in [6.45, 7) is 7.37. The predicted octanol–water partition coefficient (Wildman–Crippen LogP) is 4.86. The average molecular weight is 556 g/mol. The number of halogens is 1. The van der Waals surface area contributed by atoms with Gasteiger partial charge in [-0.1, -0.05) is 11.3 Å². The number of anilines is 2. The van der Waals surface area contributed by atoms with E-state index in [1.165, 1.54) is 23.5 Å². The van der Waals surface area contributed by atoms with Crippen LogP contribution in [0.5, 0.6) is 0 Å². The second kappa shape index (κ2) is 11.1. The molecule has 1 aliphatic rings. The van der Waals surface area contributed by atoms with Crippen molar-refractivity contribution in [1.82, 2.24) is 35.0 Å². The number of morpholine rings is 1. The van der Waals surface area contributed by atoms with Gasteiger partial charge in [-0.25, -0.2) is 29.0 Å². The smallest absolute Gasteiger partial charge is 0.192 e. The van der Waals surface area contributed by atoms with Crippen LogP contribution in [0.4, 0.5) is 15.3 Å². The lowest BCUT2D eigenvalue weighted by Crippen LogP contribution is -2.34. The van der Waals surface area contributed by atoms with Gasteiger partial charge in [0.25, 0.3) is 0 Å². The van der Waals surface area contributed by atoms with Gasteiger partial charge >= 0.3 is 0 Å². The zero-order valence-electron chi connectivity index (χ0n) is 22.0. The molecule has 1 aromatic carbocycles. The lowest BCUT2D eigenvalue weighted by atomic mass is 10.1. The summed E-state index contributed by atoms with van der Waals surface area (Å²) in [4.78, 5) is 21.4. The Kier molecular flexibility index (Phi) is 7.17. The highest BCUT2D eigenvalue weighted by atomic mass is 32.1. The molecule has 12 heteroatoms. The third-order valence-electron chi connectivity index (χ3n) is 6.68. The normalized spacial score (nSPS) is 15.3. The van der Waals surface area contributed by atoms with Gasteiger partial charge < -0.3 is 15.0 Å². The first-order valence-corrected chi connectivity index (χ1v) is 13.9. The third-order valence-corrected chi connectivity index (χ3v) is 7.66. The lowest BCUT2D eigenvalue weighted by molar-refractivity contribution is 0.0221. The predicted molar refractivity (Wildman–Crippen MR) is 151 cm³/mol. The zero-order valence-corrected chi connectivity index (χ0v) is 22.8. The van der Waals surface area contributed by atoms with Crippen molar-refractivity contribution >= 4 is 33.3 Å². The van der Waals surface area contributed by atoms with E-state index in [9.17, 15) is 9.65 Å². The molecule has 0 bridgehead atoms. The molecule has 5 aromatic rings. The molecule has 1 saturated heterocycles. The van der Waals surface area contributed by atoms with Crippen LogP contribution in [0.2, 0.25) is 0 Å². The van der Waals surface area contributed by atoms with Gasteiger partial charge in [-0.15, -0.1) is 0 Å². The van der Waals surface area contributed by atoms with Crippen molar-refractivity contribution in [2.24, 2.45) is 0 Å². The van der Waals surface area contributed by atoms with E-state index in [0.29, 0.717) is 58.8 Å². The minimum Gasteiger partial charge on any atom is -0.368 e. The number of hydrogen-bond donors (Lipinski definition) is 1. The molecule has 4 aromatic heterocycles. The quantitative estimate of drug-likeness (QED) is 0.300. The van der Waals surface area contributed by atoms with Crippen molar-refractivity contribution in [3.63, 3.8) is 0 Å². The maximum absolute atomic E-state index is 13.5. The highest BCUT2D eigenvalue weighted by molar-refractivity contribution is 7.16. The summed E-state index contributed by atoms with van der Waals surface area (Å²) in [6, 6.07) is 12.1. The Morgan fingerprint density at radius 2 is 1.93 bits per heavy atom. The minimum atomic E-state index is -0.340. The number of nitrogens with one attached hydrogen (secondary N) is 1. The number of aromatic nitrogens is 6. The first-order chi connectivity index (χ1) is 19.6. The van der Waals surface area contributed by atoms with E-state index in [1.54, 1.807) is 24.5 Å². The molecule has 0 radical (unpaired) electrons. The molecular formula is C28H26FN9OS. The molecule has 5 heterocycles. The fourth-order valence-corrected chi connectivity index (χ4v) is 5.64. The molecule has 1 unspecified atom stereocenters. The Morgan fingerprint density at radius 3 is 2.60 bits per heavy atom. The Morgan fingerprint density at radius 1 is 1.12 bits per heavy atom. The first-order valence-electron chi connectivity index (χ1n) is 13.1. The highest BCUT2D eigenvalue weighted by Crippen LogP contribution is 2.38. The number of rotatable bonds is 7. The molecule has 0 amide bonds. The van der Waals surface area contributed by atoms with E-state index in [-0.39, 0.29) is 11.9 Å². The maximum atomic E-state index is 13.5. The van der Waals surface area contributed by atoms with Crippen LogP contribution < -0.4 is 10.2 Å². The van der Waals surface area contributed by atoms with E-state index >= 15 is 0 Å². The Bertz CT molecular complexity index is 1690. The van der Waals surface area contributed by atoms with Crippen LogP contribution in [0.3, 0.4) is 0 Å². The molecular weight excluding hydrogens is 529 g/mol. The monoisotopic (exact) mass is 555 g/mol. The molecule has 0 spiro atoms. The summed E-state index contributed by atoms with van der Waals surface area (Å²) in [6.07, 6.45) is 3.37. The van der Waals surface area contributed by atoms with Gasteiger partial charge in [0, 0.05) is 49.7 Å². The minimum absolute atomic E-state index is 0.165. The highest BCUT2D eigenvalue weighted by Gasteiger charge is 2.25. The number of thiazole rings is 1. The van der Waals surface area contributed by atoms with Crippen LogP contribution in [-0.2, 0) is 11.3 Å². The number of nitrogens with zero attached hydrogens (tertiary/aromatic N) is 8.